The molecule has 1 aliphatic rings. The van der Waals surface area contributed by atoms with Gasteiger partial charge in [-0.05, 0) is 19.3 Å². The highest BCUT2D eigenvalue weighted by molar-refractivity contribution is 5.84. The molecule has 0 radical (unpaired) electrons. The second-order valence-corrected chi connectivity index (χ2v) is 4.10. The Morgan fingerprint density at radius 2 is 2.15 bits per heavy atom. The first-order valence-corrected chi connectivity index (χ1v) is 5.14. The lowest BCUT2D eigenvalue weighted by Gasteiger charge is -2.19. The van der Waals surface area contributed by atoms with E-state index < -0.39 is 0 Å². The van der Waals surface area contributed by atoms with Crippen molar-refractivity contribution in [1.82, 2.24) is 10.2 Å². The van der Waals surface area contributed by atoms with Crippen molar-refractivity contribution in [3.63, 3.8) is 0 Å². The zero-order chi connectivity index (χ0) is 10.0. The van der Waals surface area contributed by atoms with Gasteiger partial charge in [-0.15, -0.1) is 0 Å². The van der Waals surface area contributed by atoms with E-state index in [1.807, 2.05) is 4.90 Å². The van der Waals surface area contributed by atoms with Crippen LogP contribution in [-0.2, 0) is 4.79 Å². The molecule has 1 fully saturated rings. The van der Waals surface area contributed by atoms with Crippen LogP contribution in [0.2, 0.25) is 0 Å². The molecule has 2 unspecified atom stereocenters. The standard InChI is InChI=1S/C10H20N2O/c1-5-6-12-8(4)11-9(7(2)3)10(12)13/h7-9,11H,5-6H2,1-4H3. The van der Waals surface area contributed by atoms with Gasteiger partial charge in [0, 0.05) is 6.54 Å². The van der Waals surface area contributed by atoms with Crippen LogP contribution < -0.4 is 5.32 Å². The van der Waals surface area contributed by atoms with Gasteiger partial charge in [0.1, 0.15) is 0 Å². The lowest BCUT2D eigenvalue weighted by Crippen LogP contribution is -2.35. The summed E-state index contributed by atoms with van der Waals surface area (Å²) in [5.41, 5.74) is 0. The predicted octanol–water partition coefficient (Wildman–Crippen LogP) is 1.20. The van der Waals surface area contributed by atoms with E-state index in [1.54, 1.807) is 0 Å². The molecule has 1 saturated heterocycles. The second kappa shape index (κ2) is 4.09. The topological polar surface area (TPSA) is 32.3 Å². The highest BCUT2D eigenvalue weighted by Crippen LogP contribution is 2.16. The number of nitrogens with zero attached hydrogens (tertiary/aromatic N) is 1. The molecule has 0 bridgehead atoms. The molecule has 76 valence electrons. The number of rotatable bonds is 3. The molecule has 1 heterocycles. The minimum absolute atomic E-state index is 0.0292. The zero-order valence-electron chi connectivity index (χ0n) is 9.00. The smallest absolute Gasteiger partial charge is 0.241 e. The maximum Gasteiger partial charge on any atom is 0.241 e. The first kappa shape index (κ1) is 10.5. The molecule has 0 aromatic heterocycles. The largest absolute Gasteiger partial charge is 0.326 e. The molecule has 0 spiro atoms. The monoisotopic (exact) mass is 184 g/mol. The number of carbonyl (C=O) groups excluding carboxylic acids is 1. The molecule has 2 atom stereocenters. The van der Waals surface area contributed by atoms with Crippen molar-refractivity contribution in [3.05, 3.63) is 0 Å². The van der Waals surface area contributed by atoms with Gasteiger partial charge in [-0.1, -0.05) is 20.8 Å². The van der Waals surface area contributed by atoms with Gasteiger partial charge in [-0.25, -0.2) is 0 Å². The van der Waals surface area contributed by atoms with Gasteiger partial charge in [0.25, 0.3) is 0 Å². The Morgan fingerprint density at radius 3 is 2.54 bits per heavy atom. The molecule has 1 rings (SSSR count). The third kappa shape index (κ3) is 2.02. The Hall–Kier alpha value is -0.570. The number of hydrogen-bond donors (Lipinski definition) is 1. The fraction of sp³-hybridized carbons (Fsp3) is 0.900. The molecule has 1 N–H and O–H groups in total. The fourth-order valence-corrected chi connectivity index (χ4v) is 1.81. The van der Waals surface area contributed by atoms with Gasteiger partial charge in [0.15, 0.2) is 0 Å². The summed E-state index contributed by atoms with van der Waals surface area (Å²) in [6.45, 7) is 9.18. The van der Waals surface area contributed by atoms with Crippen molar-refractivity contribution in [1.29, 1.82) is 0 Å². The summed E-state index contributed by atoms with van der Waals surface area (Å²) < 4.78 is 0. The van der Waals surface area contributed by atoms with E-state index in [0.717, 1.165) is 13.0 Å². The normalized spacial score (nSPS) is 29.0. The molecule has 3 heteroatoms. The van der Waals surface area contributed by atoms with E-state index in [-0.39, 0.29) is 18.1 Å². The first-order chi connectivity index (χ1) is 6.07. The maximum absolute atomic E-state index is 11.8. The highest BCUT2D eigenvalue weighted by Gasteiger charge is 2.37. The maximum atomic E-state index is 11.8. The van der Waals surface area contributed by atoms with E-state index in [4.69, 9.17) is 0 Å². The first-order valence-electron chi connectivity index (χ1n) is 5.14. The van der Waals surface area contributed by atoms with Gasteiger partial charge in [-0.3, -0.25) is 10.1 Å². The number of amides is 1. The number of nitrogens with one attached hydrogen (secondary N) is 1. The van der Waals surface area contributed by atoms with Gasteiger partial charge in [-0.2, -0.15) is 0 Å². The molecule has 0 aromatic rings. The summed E-state index contributed by atoms with van der Waals surface area (Å²) in [5.74, 6) is 0.654. The van der Waals surface area contributed by atoms with Crippen molar-refractivity contribution in [2.75, 3.05) is 6.54 Å². The van der Waals surface area contributed by atoms with Crippen LogP contribution in [0.15, 0.2) is 0 Å². The van der Waals surface area contributed by atoms with Crippen molar-refractivity contribution >= 4 is 5.91 Å². The molecule has 1 amide bonds. The second-order valence-electron chi connectivity index (χ2n) is 4.10. The summed E-state index contributed by atoms with van der Waals surface area (Å²) >= 11 is 0. The predicted molar refractivity (Wildman–Crippen MR) is 53.2 cm³/mol. The van der Waals surface area contributed by atoms with E-state index in [2.05, 4.69) is 33.0 Å². The van der Waals surface area contributed by atoms with E-state index in [9.17, 15) is 4.79 Å². The van der Waals surface area contributed by atoms with Gasteiger partial charge in [0.05, 0.1) is 12.2 Å². The Balaban J connectivity index is 2.64. The molecule has 1 aliphatic heterocycles. The van der Waals surface area contributed by atoms with Gasteiger partial charge >= 0.3 is 0 Å². The van der Waals surface area contributed by atoms with Crippen LogP contribution in [0, 0.1) is 5.92 Å². The quantitative estimate of drug-likeness (QED) is 0.714. The number of hydrogen-bond acceptors (Lipinski definition) is 2. The lowest BCUT2D eigenvalue weighted by molar-refractivity contribution is -0.130. The Bertz CT molecular complexity index is 191. The van der Waals surface area contributed by atoms with Crippen molar-refractivity contribution in [2.24, 2.45) is 5.92 Å². The molecule has 13 heavy (non-hydrogen) atoms. The third-order valence-corrected chi connectivity index (χ3v) is 2.57. The van der Waals surface area contributed by atoms with Gasteiger partial charge in [0.2, 0.25) is 5.91 Å². The van der Waals surface area contributed by atoms with E-state index in [1.165, 1.54) is 0 Å². The molecular weight excluding hydrogens is 164 g/mol. The molecule has 3 nitrogen and oxygen atoms in total. The van der Waals surface area contributed by atoms with Gasteiger partial charge < -0.3 is 4.90 Å². The summed E-state index contributed by atoms with van der Waals surface area (Å²) in [6.07, 6.45) is 1.24. The van der Waals surface area contributed by atoms with Crippen molar-refractivity contribution in [2.45, 2.75) is 46.3 Å². The van der Waals surface area contributed by atoms with E-state index >= 15 is 0 Å². The summed E-state index contributed by atoms with van der Waals surface area (Å²) in [7, 11) is 0. The average molecular weight is 184 g/mol. The minimum atomic E-state index is 0.0292. The van der Waals surface area contributed by atoms with Crippen LogP contribution in [0.25, 0.3) is 0 Å². The zero-order valence-corrected chi connectivity index (χ0v) is 9.00. The molecule has 0 saturated carbocycles. The van der Waals surface area contributed by atoms with Crippen molar-refractivity contribution in [3.8, 4) is 0 Å². The summed E-state index contributed by atoms with van der Waals surface area (Å²) in [6, 6.07) is 0.0292. The lowest BCUT2D eigenvalue weighted by atomic mass is 10.1. The Morgan fingerprint density at radius 1 is 1.54 bits per heavy atom. The third-order valence-electron chi connectivity index (χ3n) is 2.57. The minimum Gasteiger partial charge on any atom is -0.326 e. The highest BCUT2D eigenvalue weighted by atomic mass is 16.2. The van der Waals surface area contributed by atoms with Crippen LogP contribution in [0.4, 0.5) is 0 Å². The van der Waals surface area contributed by atoms with Crippen LogP contribution in [0.5, 0.6) is 0 Å². The molecule has 0 aliphatic carbocycles. The van der Waals surface area contributed by atoms with Crippen LogP contribution in [0.1, 0.15) is 34.1 Å². The molecular formula is C10H20N2O. The Kier molecular flexibility index (Phi) is 3.31. The summed E-state index contributed by atoms with van der Waals surface area (Å²) in [4.78, 5) is 13.7. The van der Waals surface area contributed by atoms with Crippen LogP contribution in [-0.4, -0.2) is 29.6 Å². The average Bonchev–Trinajstić information content (AvgIpc) is 2.32. The number of carbonyl (C=O) groups is 1. The fourth-order valence-electron chi connectivity index (χ4n) is 1.81. The SMILES string of the molecule is CCCN1C(=O)C(C(C)C)NC1C. The summed E-state index contributed by atoms with van der Waals surface area (Å²) in [5, 5.41) is 3.31. The molecule has 0 aromatic carbocycles. The Labute approximate surface area is 80.5 Å². The van der Waals surface area contributed by atoms with E-state index in [0.29, 0.717) is 5.92 Å². The van der Waals surface area contributed by atoms with Crippen molar-refractivity contribution < 1.29 is 4.79 Å². The van der Waals surface area contributed by atoms with Crippen LogP contribution in [0.3, 0.4) is 0 Å². The van der Waals surface area contributed by atoms with Crippen LogP contribution >= 0.6 is 0 Å².